The molecule has 0 spiro atoms. The Hall–Kier alpha value is -1.26. The number of amides is 1. The summed E-state index contributed by atoms with van der Waals surface area (Å²) in [4.78, 5) is 12.5. The first-order chi connectivity index (χ1) is 11.8. The van der Waals surface area contributed by atoms with Crippen molar-refractivity contribution in [1.82, 2.24) is 5.32 Å². The Labute approximate surface area is 162 Å². The Bertz CT molecular complexity index is 725. The van der Waals surface area contributed by atoms with Crippen LogP contribution in [0.2, 0.25) is 10.0 Å². The molecule has 0 aromatic heterocycles. The first-order valence-corrected chi connectivity index (χ1v) is 9.11. The fraction of sp³-hybridized carbons (Fsp3) is 0.316. The van der Waals surface area contributed by atoms with E-state index in [1.807, 2.05) is 38.1 Å². The Morgan fingerprint density at radius 3 is 2.16 bits per heavy atom. The van der Waals surface area contributed by atoms with Crippen molar-refractivity contribution in [2.24, 2.45) is 0 Å². The third-order valence-electron chi connectivity index (χ3n) is 4.14. The zero-order chi connectivity index (χ0) is 18.6. The minimum Gasteiger partial charge on any atom is -0.395 e. The minimum atomic E-state index is -0.382. The summed E-state index contributed by atoms with van der Waals surface area (Å²) in [6.07, 6.45) is 0. The maximum absolute atomic E-state index is 12.5. The molecule has 0 fully saturated rings. The van der Waals surface area contributed by atoms with E-state index in [4.69, 9.17) is 34.8 Å². The van der Waals surface area contributed by atoms with E-state index in [2.05, 4.69) is 5.32 Å². The summed E-state index contributed by atoms with van der Waals surface area (Å²) in [5.41, 5.74) is 1.78. The molecule has 6 heteroatoms. The smallest absolute Gasteiger partial charge is 0.254 e. The van der Waals surface area contributed by atoms with Gasteiger partial charge in [0.15, 0.2) is 0 Å². The molecule has 0 heterocycles. The van der Waals surface area contributed by atoms with E-state index < -0.39 is 0 Å². The standard InChI is InChI=1S/C19H20Cl3NO2/c1-19(2,11-24)13-8-6-12(7-9-13)16(10-20)23-18(25)17-14(21)4-3-5-15(17)22/h3-9,16,24H,10-11H2,1-2H3,(H,23,25). The lowest BCUT2D eigenvalue weighted by molar-refractivity contribution is 0.0940. The van der Waals surface area contributed by atoms with Gasteiger partial charge in [-0.1, -0.05) is 67.4 Å². The van der Waals surface area contributed by atoms with Gasteiger partial charge in [0.1, 0.15) is 0 Å². The van der Waals surface area contributed by atoms with Crippen LogP contribution < -0.4 is 5.32 Å². The number of aliphatic hydroxyl groups is 1. The predicted octanol–water partition coefficient (Wildman–Crippen LogP) is 4.97. The third kappa shape index (κ3) is 4.68. The SMILES string of the molecule is CC(C)(CO)c1ccc(C(CCl)NC(=O)c2c(Cl)cccc2Cl)cc1. The van der Waals surface area contributed by atoms with Gasteiger partial charge in [0.05, 0.1) is 28.3 Å². The lowest BCUT2D eigenvalue weighted by atomic mass is 9.85. The van der Waals surface area contributed by atoms with Crippen LogP contribution >= 0.6 is 34.8 Å². The van der Waals surface area contributed by atoms with E-state index in [9.17, 15) is 9.90 Å². The monoisotopic (exact) mass is 399 g/mol. The number of nitrogens with one attached hydrogen (secondary N) is 1. The first kappa shape index (κ1) is 20.1. The zero-order valence-electron chi connectivity index (χ0n) is 14.0. The summed E-state index contributed by atoms with van der Waals surface area (Å²) in [5, 5.41) is 12.9. The number of rotatable bonds is 6. The highest BCUT2D eigenvalue weighted by Crippen LogP contribution is 2.27. The molecule has 2 aromatic carbocycles. The maximum atomic E-state index is 12.5. The van der Waals surface area contributed by atoms with Gasteiger partial charge in [-0.3, -0.25) is 4.79 Å². The van der Waals surface area contributed by atoms with E-state index in [0.29, 0.717) is 10.0 Å². The van der Waals surface area contributed by atoms with Crippen LogP contribution in [-0.2, 0) is 5.41 Å². The lowest BCUT2D eigenvalue weighted by Crippen LogP contribution is -2.30. The number of halogens is 3. The van der Waals surface area contributed by atoms with Crippen molar-refractivity contribution in [3.8, 4) is 0 Å². The topological polar surface area (TPSA) is 49.3 Å². The third-order valence-corrected chi connectivity index (χ3v) is 5.08. The van der Waals surface area contributed by atoms with Gasteiger partial charge in [-0.25, -0.2) is 0 Å². The number of alkyl halides is 1. The van der Waals surface area contributed by atoms with E-state index >= 15 is 0 Å². The van der Waals surface area contributed by atoms with Gasteiger partial charge >= 0.3 is 0 Å². The molecule has 3 nitrogen and oxygen atoms in total. The molecule has 1 unspecified atom stereocenters. The van der Waals surface area contributed by atoms with Crippen molar-refractivity contribution in [2.75, 3.05) is 12.5 Å². The molecule has 1 atom stereocenters. The Balaban J connectivity index is 2.21. The first-order valence-electron chi connectivity index (χ1n) is 7.82. The summed E-state index contributed by atoms with van der Waals surface area (Å²) in [6, 6.07) is 12.2. The van der Waals surface area contributed by atoms with Crippen LogP contribution in [0, 0.1) is 0 Å². The average Bonchev–Trinajstić information content (AvgIpc) is 2.59. The van der Waals surface area contributed by atoms with Gasteiger partial charge in [-0.05, 0) is 23.3 Å². The van der Waals surface area contributed by atoms with E-state index in [1.165, 1.54) is 0 Å². The van der Waals surface area contributed by atoms with Gasteiger partial charge in [-0.2, -0.15) is 0 Å². The zero-order valence-corrected chi connectivity index (χ0v) is 16.3. The average molecular weight is 401 g/mol. The number of hydrogen-bond acceptors (Lipinski definition) is 2. The molecule has 0 aliphatic rings. The number of hydrogen-bond donors (Lipinski definition) is 2. The summed E-state index contributed by atoms with van der Waals surface area (Å²) in [6.45, 7) is 3.97. The van der Waals surface area contributed by atoms with Crippen molar-refractivity contribution in [1.29, 1.82) is 0 Å². The van der Waals surface area contributed by atoms with Crippen molar-refractivity contribution < 1.29 is 9.90 Å². The number of aliphatic hydroxyl groups excluding tert-OH is 1. The van der Waals surface area contributed by atoms with Crippen molar-refractivity contribution >= 4 is 40.7 Å². The van der Waals surface area contributed by atoms with Crippen LogP contribution in [0.25, 0.3) is 0 Å². The molecule has 0 saturated carbocycles. The van der Waals surface area contributed by atoms with Crippen LogP contribution in [0.4, 0.5) is 0 Å². The highest BCUT2D eigenvalue weighted by molar-refractivity contribution is 6.39. The summed E-state index contributed by atoms with van der Waals surface area (Å²) < 4.78 is 0. The van der Waals surface area contributed by atoms with E-state index in [1.54, 1.807) is 18.2 Å². The largest absolute Gasteiger partial charge is 0.395 e. The molecule has 2 rings (SSSR count). The highest BCUT2D eigenvalue weighted by Gasteiger charge is 2.22. The second-order valence-electron chi connectivity index (χ2n) is 6.44. The fourth-order valence-corrected chi connectivity index (χ4v) is 3.24. The Morgan fingerprint density at radius 2 is 1.68 bits per heavy atom. The van der Waals surface area contributed by atoms with Gasteiger partial charge in [0.25, 0.3) is 5.91 Å². The number of carbonyl (C=O) groups excluding carboxylic acids is 1. The molecular weight excluding hydrogens is 381 g/mol. The molecule has 134 valence electrons. The minimum absolute atomic E-state index is 0.0486. The van der Waals surface area contributed by atoms with Crippen LogP contribution in [0.1, 0.15) is 41.4 Å². The predicted molar refractivity (Wildman–Crippen MR) is 104 cm³/mol. The molecule has 2 N–H and O–H groups in total. The van der Waals surface area contributed by atoms with E-state index in [0.717, 1.165) is 11.1 Å². The molecule has 0 radical (unpaired) electrons. The van der Waals surface area contributed by atoms with Crippen molar-refractivity contribution in [3.63, 3.8) is 0 Å². The van der Waals surface area contributed by atoms with Crippen LogP contribution in [0.3, 0.4) is 0 Å². The summed E-state index contributed by atoms with van der Waals surface area (Å²) in [7, 11) is 0. The van der Waals surface area contributed by atoms with Crippen molar-refractivity contribution in [3.05, 3.63) is 69.2 Å². The molecule has 0 aliphatic carbocycles. The molecular formula is C19H20Cl3NO2. The molecule has 25 heavy (non-hydrogen) atoms. The Kier molecular flexibility index (Phi) is 6.75. The molecule has 2 aromatic rings. The number of benzene rings is 2. The molecule has 0 bridgehead atoms. The van der Waals surface area contributed by atoms with E-state index in [-0.39, 0.29) is 35.4 Å². The molecule has 0 aliphatic heterocycles. The lowest BCUT2D eigenvalue weighted by Gasteiger charge is -2.23. The molecule has 1 amide bonds. The molecule has 0 saturated heterocycles. The second-order valence-corrected chi connectivity index (χ2v) is 7.56. The summed E-state index contributed by atoms with van der Waals surface area (Å²) >= 11 is 18.2. The fourth-order valence-electron chi connectivity index (χ4n) is 2.41. The van der Waals surface area contributed by atoms with Crippen LogP contribution in [0.5, 0.6) is 0 Å². The summed E-state index contributed by atoms with van der Waals surface area (Å²) in [5.74, 6) is -0.169. The van der Waals surface area contributed by atoms with Crippen LogP contribution in [0.15, 0.2) is 42.5 Å². The highest BCUT2D eigenvalue weighted by atomic mass is 35.5. The van der Waals surface area contributed by atoms with Crippen molar-refractivity contribution in [2.45, 2.75) is 25.3 Å². The number of carbonyl (C=O) groups is 1. The Morgan fingerprint density at radius 1 is 1.12 bits per heavy atom. The van der Waals surface area contributed by atoms with Crippen LogP contribution in [-0.4, -0.2) is 23.5 Å². The van der Waals surface area contributed by atoms with Gasteiger partial charge < -0.3 is 10.4 Å². The second kappa shape index (κ2) is 8.41. The normalized spacial score (nSPS) is 12.7. The maximum Gasteiger partial charge on any atom is 0.254 e. The van der Waals surface area contributed by atoms with Gasteiger partial charge in [0.2, 0.25) is 0 Å². The quantitative estimate of drug-likeness (QED) is 0.672. The van der Waals surface area contributed by atoms with Gasteiger partial charge in [0, 0.05) is 11.3 Å². The van der Waals surface area contributed by atoms with Gasteiger partial charge in [-0.15, -0.1) is 11.6 Å².